The van der Waals surface area contributed by atoms with Gasteiger partial charge in [0.25, 0.3) is 0 Å². The Balaban J connectivity index is 0.000000281. The van der Waals surface area contributed by atoms with Crippen LogP contribution in [0, 0.1) is 55.4 Å². The van der Waals surface area contributed by atoms with E-state index in [1.807, 2.05) is 76.2 Å². The lowest BCUT2D eigenvalue weighted by molar-refractivity contribution is 0.419. The minimum Gasteiger partial charge on any atom is -0.508 e. The zero-order valence-corrected chi connectivity index (χ0v) is 73.6. The second-order valence-electron chi connectivity index (χ2n) is 40.8. The van der Waals surface area contributed by atoms with Gasteiger partial charge in [-0.1, -0.05) is 284 Å². The van der Waals surface area contributed by atoms with Gasteiger partial charge in [-0.3, -0.25) is 0 Å². The first-order valence-corrected chi connectivity index (χ1v) is 39.7. The van der Waals surface area contributed by atoms with Crippen molar-refractivity contribution in [1.29, 1.82) is 0 Å². The molecule has 0 bridgehead atoms. The molecule has 8 rings (SSSR count). The van der Waals surface area contributed by atoms with E-state index in [0.717, 1.165) is 132 Å². The topological polar surface area (TPSA) is 162 Å². The van der Waals surface area contributed by atoms with Gasteiger partial charge in [0.1, 0.15) is 46.0 Å². The van der Waals surface area contributed by atoms with Gasteiger partial charge in [0, 0.05) is 34.3 Å². The highest BCUT2D eigenvalue weighted by atomic mass is 16.3. The summed E-state index contributed by atoms with van der Waals surface area (Å²) in [7, 11) is 0. The van der Waals surface area contributed by atoms with E-state index in [0.29, 0.717) is 46.0 Å². The van der Waals surface area contributed by atoms with E-state index in [9.17, 15) is 40.9 Å². The monoisotopic (exact) mass is 1470 g/mol. The Kier molecular flexibility index (Phi) is 26.6. The van der Waals surface area contributed by atoms with Gasteiger partial charge < -0.3 is 40.9 Å². The van der Waals surface area contributed by atoms with Crippen molar-refractivity contribution in [2.45, 2.75) is 341 Å². The van der Waals surface area contributed by atoms with E-state index in [4.69, 9.17) is 0 Å². The van der Waals surface area contributed by atoms with Crippen LogP contribution >= 0.6 is 0 Å². The quantitative estimate of drug-likeness (QED) is 0.0534. The third-order valence-electron chi connectivity index (χ3n) is 22.4. The Labute approximate surface area is 654 Å². The van der Waals surface area contributed by atoms with Crippen molar-refractivity contribution in [3.05, 3.63) is 231 Å². The predicted molar refractivity (Wildman–Crippen MR) is 459 cm³/mol. The summed E-state index contributed by atoms with van der Waals surface area (Å²) in [4.78, 5) is 0. The van der Waals surface area contributed by atoms with Gasteiger partial charge in [-0.25, -0.2) is 0 Å². The summed E-state index contributed by atoms with van der Waals surface area (Å²) in [6.45, 7) is 74.5. The van der Waals surface area contributed by atoms with Crippen LogP contribution in [0.4, 0.5) is 0 Å². The summed E-state index contributed by atoms with van der Waals surface area (Å²) in [5.74, 6) is 2.88. The molecule has 0 spiro atoms. The molecule has 108 heavy (non-hydrogen) atoms. The van der Waals surface area contributed by atoms with Crippen LogP contribution in [0.15, 0.2) is 97.1 Å². The summed E-state index contributed by atoms with van der Waals surface area (Å²) in [6.07, 6.45) is 4.49. The van der Waals surface area contributed by atoms with E-state index >= 15 is 0 Å². The number of rotatable bonds is 14. The lowest BCUT2D eigenvalue weighted by atomic mass is 9.69. The predicted octanol–water partition coefficient (Wildman–Crippen LogP) is 26.9. The Morgan fingerprint density at radius 2 is 0.444 bits per heavy atom. The van der Waals surface area contributed by atoms with Crippen molar-refractivity contribution in [3.63, 3.8) is 0 Å². The smallest absolute Gasteiger partial charge is 0.123 e. The fourth-order valence-electron chi connectivity index (χ4n) is 16.0. The molecule has 0 heterocycles. The summed E-state index contributed by atoms with van der Waals surface area (Å²) in [5, 5.41) is 88.0. The highest BCUT2D eigenvalue weighted by Crippen LogP contribution is 2.51. The maximum absolute atomic E-state index is 11.2. The minimum absolute atomic E-state index is 0.0159. The Bertz CT molecular complexity index is 4050. The largest absolute Gasteiger partial charge is 0.508 e. The fraction of sp³-hybridized carbons (Fsp3) is 0.520. The molecule has 0 atom stereocenters. The molecule has 8 aromatic carbocycles. The molecule has 0 aliphatic carbocycles. The van der Waals surface area contributed by atoms with E-state index in [-0.39, 0.29) is 66.5 Å². The van der Waals surface area contributed by atoms with Crippen molar-refractivity contribution >= 4 is 0 Å². The number of phenols is 8. The molecule has 0 saturated heterocycles. The van der Waals surface area contributed by atoms with Gasteiger partial charge in [0.05, 0.1) is 0 Å². The van der Waals surface area contributed by atoms with Gasteiger partial charge in [-0.15, -0.1) is 0 Å². The van der Waals surface area contributed by atoms with Crippen molar-refractivity contribution in [3.8, 4) is 46.0 Å². The molecule has 8 N–H and O–H groups in total. The molecule has 0 aliphatic rings. The normalized spacial score (nSPS) is 12.9. The third-order valence-corrected chi connectivity index (χ3v) is 22.4. The molecule has 0 aromatic heterocycles. The lowest BCUT2D eigenvalue weighted by Gasteiger charge is -2.35. The van der Waals surface area contributed by atoms with Gasteiger partial charge in [-0.05, 0) is 254 Å². The average molecular weight is 1470 g/mol. The maximum Gasteiger partial charge on any atom is 0.123 e. The number of aromatic hydroxyl groups is 8. The number of benzene rings is 8. The van der Waals surface area contributed by atoms with Crippen LogP contribution < -0.4 is 0 Å². The number of aryl methyl sites for hydroxylation is 8. The second kappa shape index (κ2) is 32.2. The molecule has 0 aliphatic heterocycles. The van der Waals surface area contributed by atoms with Crippen molar-refractivity contribution in [2.75, 3.05) is 0 Å². The van der Waals surface area contributed by atoms with E-state index in [2.05, 4.69) is 263 Å². The summed E-state index contributed by atoms with van der Waals surface area (Å²) < 4.78 is 0. The molecular weight excluding hydrogens is 1330 g/mol. The highest BCUT2D eigenvalue weighted by molar-refractivity contribution is 5.60. The zero-order chi connectivity index (χ0) is 82.6. The summed E-state index contributed by atoms with van der Waals surface area (Å²) >= 11 is 0. The number of hydrogen-bond acceptors (Lipinski definition) is 8. The number of hydrogen-bond donors (Lipinski definition) is 8. The van der Waals surface area contributed by atoms with Gasteiger partial charge >= 0.3 is 0 Å². The van der Waals surface area contributed by atoms with Crippen molar-refractivity contribution in [2.24, 2.45) is 0 Å². The van der Waals surface area contributed by atoms with Crippen LogP contribution in [0.3, 0.4) is 0 Å². The first-order valence-electron chi connectivity index (χ1n) is 39.7. The lowest BCUT2D eigenvalue weighted by Crippen LogP contribution is -2.26. The van der Waals surface area contributed by atoms with Crippen LogP contribution in [0.1, 0.15) is 370 Å². The molecule has 590 valence electrons. The molecule has 0 amide bonds. The highest BCUT2D eigenvalue weighted by Gasteiger charge is 2.37. The van der Waals surface area contributed by atoms with Crippen LogP contribution in [-0.2, 0) is 48.7 Å². The molecule has 0 saturated carbocycles. The molecule has 8 nitrogen and oxygen atoms in total. The fourth-order valence-corrected chi connectivity index (χ4v) is 16.0. The first kappa shape index (κ1) is 89.1. The van der Waals surface area contributed by atoms with Crippen LogP contribution in [0.25, 0.3) is 0 Å². The van der Waals surface area contributed by atoms with E-state index in [1.54, 1.807) is 0 Å². The Hall–Kier alpha value is -7.84. The standard InChI is InChI=1S/C49H68O4.C31H48O2.C20H26O2/c1-28-20-42(50)38(46(5,6)7)24-34(28)32(35-25-39(47(8,9)10)43(51)21-29(35)2)18-17-19-33(36-26-40(48(11,12)13)44(52)22-30(36)3)37-27-41(49(14,15)16)45(53)23-31(37)4;1-27(2,3)21-15-19(16-22(25(21)32)28(4,5)6)31(13,14)20-17-23(29(7,8)9)26(33)24(18-20)30(10,11)12;1-6-7-16(17-10-12(2)8-14(4)19(17)21)18-11-13(3)9-15(5)20(18)22/h20-27,32-33,50-53H,17-19H2,1-16H3;15-18,32-33H,1-14H3;8-11,16,21-22H,6-7H2,1-5H3. The minimum atomic E-state index is -0.318. The molecule has 0 fully saturated rings. The summed E-state index contributed by atoms with van der Waals surface area (Å²) in [6, 6.07) is 33.4. The van der Waals surface area contributed by atoms with Crippen LogP contribution in [0.5, 0.6) is 46.0 Å². The SMILES string of the molecule is CC(C)(C)c1cc(C(C)(C)c2cc(C(C)(C)C)c(O)c(C(C)(C)C)c2)cc(C(C)(C)C)c1O.CCCC(c1cc(C)cc(C)c1O)c1cc(C)cc(C)c1O.Cc1cc(O)c(C(C)(C)C)cc1C(CCCC(c1cc(C(C)(C)C)c(O)cc1C)c1cc(C(C)(C)C)c(O)cc1C)c1cc(C(C)(C)C)c(O)cc1C. The van der Waals surface area contributed by atoms with E-state index < -0.39 is 0 Å². The second-order valence-corrected chi connectivity index (χ2v) is 40.8. The Morgan fingerprint density at radius 1 is 0.231 bits per heavy atom. The van der Waals surface area contributed by atoms with Gasteiger partial charge in [0.15, 0.2) is 0 Å². The zero-order valence-electron chi connectivity index (χ0n) is 73.6. The molecular formula is C100H142O8. The first-order chi connectivity index (χ1) is 49.0. The Morgan fingerprint density at radius 3 is 0.648 bits per heavy atom. The third kappa shape index (κ3) is 20.4. The molecule has 8 heteroatoms. The molecule has 0 unspecified atom stereocenters. The average Bonchev–Trinajstić information content (AvgIpc) is 0.756. The van der Waals surface area contributed by atoms with Crippen molar-refractivity contribution in [1.82, 2.24) is 0 Å². The molecule has 8 aromatic rings. The number of phenolic OH excluding ortho intramolecular Hbond substituents is 8. The van der Waals surface area contributed by atoms with Crippen LogP contribution in [-0.4, -0.2) is 40.9 Å². The summed E-state index contributed by atoms with van der Waals surface area (Å²) in [5.41, 5.74) is 22.8. The van der Waals surface area contributed by atoms with Crippen LogP contribution in [0.2, 0.25) is 0 Å². The maximum atomic E-state index is 11.2. The molecule has 0 radical (unpaired) electrons. The van der Waals surface area contributed by atoms with Gasteiger partial charge in [0.2, 0.25) is 0 Å². The van der Waals surface area contributed by atoms with Gasteiger partial charge in [-0.2, -0.15) is 0 Å². The van der Waals surface area contributed by atoms with Crippen molar-refractivity contribution < 1.29 is 40.9 Å². The van der Waals surface area contributed by atoms with E-state index in [1.165, 1.54) is 33.4 Å².